The maximum absolute atomic E-state index is 13.2. The lowest BCUT2D eigenvalue weighted by atomic mass is 9.97. The Labute approximate surface area is 456 Å². The molecule has 0 radical (unpaired) electrons. The number of unbranched alkanes of at least 4 members (excludes halogenated alkanes) is 38. The van der Waals surface area contributed by atoms with Gasteiger partial charge in [-0.25, -0.2) is 0 Å². The second kappa shape index (κ2) is 47.5. The first-order valence-electron chi connectivity index (χ1n) is 31.4. The van der Waals surface area contributed by atoms with Gasteiger partial charge in [-0.05, 0) is 19.3 Å². The predicted octanol–water partition coefficient (Wildman–Crippen LogP) is 11.1. The molecule has 2 heterocycles. The minimum Gasteiger partial charge on any atom is -0.394 e. The third-order valence-corrected chi connectivity index (χ3v) is 15.7. The van der Waals surface area contributed by atoms with Crippen molar-refractivity contribution in [1.82, 2.24) is 5.32 Å². The average Bonchev–Trinajstić information content (AvgIpc) is 3.41. The molecule has 444 valence electrons. The lowest BCUT2D eigenvalue weighted by molar-refractivity contribution is -0.359. The van der Waals surface area contributed by atoms with Crippen molar-refractivity contribution in [2.45, 2.75) is 351 Å². The molecule has 14 nitrogen and oxygen atoms in total. The molecule has 2 fully saturated rings. The zero-order chi connectivity index (χ0) is 54.6. The largest absolute Gasteiger partial charge is 0.394 e. The molecule has 2 aliphatic rings. The Morgan fingerprint density at radius 1 is 0.467 bits per heavy atom. The molecule has 12 atom stereocenters. The Kier molecular flexibility index (Phi) is 44.3. The van der Waals surface area contributed by atoms with Crippen molar-refractivity contribution >= 4 is 5.91 Å². The predicted molar refractivity (Wildman–Crippen MR) is 300 cm³/mol. The van der Waals surface area contributed by atoms with Gasteiger partial charge in [-0.3, -0.25) is 4.79 Å². The highest BCUT2D eigenvalue weighted by Crippen LogP contribution is 2.30. The highest BCUT2D eigenvalue weighted by atomic mass is 16.7. The van der Waals surface area contributed by atoms with Crippen molar-refractivity contribution in [1.29, 1.82) is 0 Å². The van der Waals surface area contributed by atoms with E-state index in [4.69, 9.17) is 18.9 Å². The molecule has 0 bridgehead atoms. The Balaban J connectivity index is 1.58. The number of hydrogen-bond acceptors (Lipinski definition) is 13. The van der Waals surface area contributed by atoms with Crippen LogP contribution in [0.15, 0.2) is 12.2 Å². The fourth-order valence-corrected chi connectivity index (χ4v) is 10.6. The van der Waals surface area contributed by atoms with Crippen molar-refractivity contribution < 1.29 is 64.6 Å². The van der Waals surface area contributed by atoms with Crippen molar-refractivity contribution in [3.8, 4) is 0 Å². The van der Waals surface area contributed by atoms with Crippen molar-refractivity contribution in [2.24, 2.45) is 0 Å². The molecule has 2 rings (SSSR count). The normalized spacial score (nSPS) is 25.0. The van der Waals surface area contributed by atoms with Crippen LogP contribution in [-0.4, -0.2) is 140 Å². The number of carbonyl (C=O) groups excluding carboxylic acids is 1. The number of amides is 1. The molecule has 0 saturated carbocycles. The molecular weight excluding hydrogens is 955 g/mol. The zero-order valence-electron chi connectivity index (χ0n) is 47.8. The molecule has 4 unspecified atom stereocenters. The summed E-state index contributed by atoms with van der Waals surface area (Å²) in [7, 11) is 0. The molecule has 2 saturated heterocycles. The van der Waals surface area contributed by atoms with Gasteiger partial charge in [-0.2, -0.15) is 0 Å². The summed E-state index contributed by atoms with van der Waals surface area (Å²) in [5.41, 5.74) is 0. The minimum absolute atomic E-state index is 0.236. The maximum Gasteiger partial charge on any atom is 0.220 e. The van der Waals surface area contributed by atoms with Crippen LogP contribution in [-0.2, 0) is 23.7 Å². The Morgan fingerprint density at radius 2 is 0.827 bits per heavy atom. The molecule has 0 aromatic rings. The second-order valence-electron chi connectivity index (χ2n) is 22.6. The zero-order valence-corrected chi connectivity index (χ0v) is 47.8. The van der Waals surface area contributed by atoms with E-state index in [-0.39, 0.29) is 18.9 Å². The molecule has 0 aromatic carbocycles. The highest BCUT2D eigenvalue weighted by molar-refractivity contribution is 5.76. The number of rotatable bonds is 51. The number of hydrogen-bond donors (Lipinski definition) is 9. The topological polar surface area (TPSA) is 228 Å². The quantitative estimate of drug-likeness (QED) is 0.0204. The van der Waals surface area contributed by atoms with Crippen LogP contribution in [0.2, 0.25) is 0 Å². The Hall–Kier alpha value is -1.27. The maximum atomic E-state index is 13.2. The van der Waals surface area contributed by atoms with E-state index >= 15 is 0 Å². The summed E-state index contributed by atoms with van der Waals surface area (Å²) in [6, 6.07) is -0.908. The first-order chi connectivity index (χ1) is 36.6. The lowest BCUT2D eigenvalue weighted by Gasteiger charge is -2.46. The van der Waals surface area contributed by atoms with Gasteiger partial charge in [0.25, 0.3) is 0 Å². The molecule has 1 amide bonds. The van der Waals surface area contributed by atoms with E-state index in [1.165, 1.54) is 212 Å². The standard InChI is InChI=1S/C61H117NO13/c1-3-5-7-9-11-13-14-15-16-17-18-19-20-21-22-23-24-25-26-27-28-29-30-31-32-33-34-35-37-39-41-43-45-53(66)62-49(50(65)44-42-40-38-36-12-10-8-6-4-2)48-72-60-58(71)56(69)59(52(47-64)74-60)75-61-57(70)55(68)54(67)51(46-63)73-61/h42,44,49-52,54-61,63-65,67-71H,3-41,43,45-48H2,1-2H3,(H,62,66)/b44-42+/t49-,50+,51+,52+,54-,55?,56?,57?,58?,59+,60+,61-/m0/s1. The van der Waals surface area contributed by atoms with Gasteiger partial charge < -0.3 is 65.1 Å². The molecule has 0 spiro atoms. The molecule has 14 heteroatoms. The number of nitrogens with one attached hydrogen (secondary N) is 1. The number of allylic oxidation sites excluding steroid dienone is 1. The van der Waals surface area contributed by atoms with Gasteiger partial charge in [-0.15, -0.1) is 0 Å². The van der Waals surface area contributed by atoms with Crippen LogP contribution >= 0.6 is 0 Å². The van der Waals surface area contributed by atoms with Gasteiger partial charge in [0.2, 0.25) is 5.91 Å². The first kappa shape index (κ1) is 69.8. The summed E-state index contributed by atoms with van der Waals surface area (Å²) in [5, 5.41) is 86.8. The number of carbonyl (C=O) groups is 1. The summed E-state index contributed by atoms with van der Waals surface area (Å²) in [6.45, 7) is 2.79. The summed E-state index contributed by atoms with van der Waals surface area (Å²) in [6.07, 6.45) is 38.8. The second-order valence-corrected chi connectivity index (χ2v) is 22.6. The van der Waals surface area contributed by atoms with E-state index in [9.17, 15) is 45.6 Å². The fraction of sp³-hybridized carbons (Fsp3) is 0.951. The van der Waals surface area contributed by atoms with Crippen LogP contribution in [0.4, 0.5) is 0 Å². The van der Waals surface area contributed by atoms with E-state index in [0.29, 0.717) is 6.42 Å². The summed E-state index contributed by atoms with van der Waals surface area (Å²) in [4.78, 5) is 13.2. The van der Waals surface area contributed by atoms with E-state index in [1.54, 1.807) is 6.08 Å². The third-order valence-electron chi connectivity index (χ3n) is 15.7. The van der Waals surface area contributed by atoms with Gasteiger partial charge in [-0.1, -0.05) is 264 Å². The highest BCUT2D eigenvalue weighted by Gasteiger charge is 2.51. The van der Waals surface area contributed by atoms with Crippen molar-refractivity contribution in [3.05, 3.63) is 12.2 Å². The van der Waals surface area contributed by atoms with Crippen LogP contribution in [0.5, 0.6) is 0 Å². The van der Waals surface area contributed by atoms with Crippen LogP contribution in [0.3, 0.4) is 0 Å². The minimum atomic E-state index is -1.78. The average molecular weight is 1070 g/mol. The van der Waals surface area contributed by atoms with Gasteiger partial charge in [0.05, 0.1) is 32.0 Å². The van der Waals surface area contributed by atoms with E-state index in [1.807, 2.05) is 6.08 Å². The lowest BCUT2D eigenvalue weighted by Crippen LogP contribution is -2.65. The van der Waals surface area contributed by atoms with Crippen LogP contribution in [0.1, 0.15) is 277 Å². The summed E-state index contributed by atoms with van der Waals surface area (Å²) in [5.74, 6) is -0.236. The number of aliphatic hydroxyl groups is 8. The van der Waals surface area contributed by atoms with Gasteiger partial charge >= 0.3 is 0 Å². The van der Waals surface area contributed by atoms with Crippen molar-refractivity contribution in [2.75, 3.05) is 19.8 Å². The molecule has 2 aliphatic heterocycles. The van der Waals surface area contributed by atoms with E-state index in [2.05, 4.69) is 19.2 Å². The number of aliphatic hydroxyl groups excluding tert-OH is 8. The van der Waals surface area contributed by atoms with Gasteiger partial charge in [0.15, 0.2) is 12.6 Å². The molecular formula is C61H117NO13. The number of ether oxygens (including phenoxy) is 4. The first-order valence-corrected chi connectivity index (χ1v) is 31.4. The van der Waals surface area contributed by atoms with E-state index in [0.717, 1.165) is 38.5 Å². The monoisotopic (exact) mass is 1070 g/mol. The van der Waals surface area contributed by atoms with Crippen molar-refractivity contribution in [3.63, 3.8) is 0 Å². The summed E-state index contributed by atoms with van der Waals surface area (Å²) >= 11 is 0. The van der Waals surface area contributed by atoms with Crippen LogP contribution in [0.25, 0.3) is 0 Å². The molecule has 9 N–H and O–H groups in total. The summed E-state index contributed by atoms with van der Waals surface area (Å²) < 4.78 is 22.7. The fourth-order valence-electron chi connectivity index (χ4n) is 10.6. The van der Waals surface area contributed by atoms with Gasteiger partial charge in [0.1, 0.15) is 48.8 Å². The smallest absolute Gasteiger partial charge is 0.220 e. The molecule has 75 heavy (non-hydrogen) atoms. The molecule has 0 aromatic heterocycles. The van der Waals surface area contributed by atoms with Gasteiger partial charge in [0, 0.05) is 6.42 Å². The Morgan fingerprint density at radius 3 is 1.23 bits per heavy atom. The Bertz CT molecular complexity index is 1310. The third kappa shape index (κ3) is 33.2. The van der Waals surface area contributed by atoms with E-state index < -0.39 is 86.8 Å². The molecule has 0 aliphatic carbocycles. The SMILES string of the molecule is CCCCCCCCC/C=C/[C@@H](O)[C@H](CO[C@@H]1O[C@H](CO)[C@@H](O[C@@H]2O[C@H](CO)[C@H](O)C(O)C2O)C(O)C1O)NC(=O)CCCCCCCCCCCCCCCCCCCCCCCCCCCCCCCCCC. The van der Waals surface area contributed by atoms with Crippen LogP contribution in [0, 0.1) is 0 Å². The van der Waals surface area contributed by atoms with Crippen LogP contribution < -0.4 is 5.32 Å².